The van der Waals surface area contributed by atoms with Gasteiger partial charge in [0.05, 0.1) is 12.7 Å². The number of likely N-dealkylation sites (tertiary alicyclic amines) is 1. The van der Waals surface area contributed by atoms with Crippen molar-refractivity contribution in [3.8, 4) is 5.95 Å². The number of carbonyl (C=O) groups is 2. The first kappa shape index (κ1) is 19.0. The number of hydrogen-bond donors (Lipinski definition) is 0. The van der Waals surface area contributed by atoms with Crippen LogP contribution in [0.1, 0.15) is 39.3 Å². The maximum absolute atomic E-state index is 12.7. The van der Waals surface area contributed by atoms with E-state index in [1.807, 2.05) is 0 Å². The van der Waals surface area contributed by atoms with E-state index in [-0.39, 0.29) is 35.5 Å². The highest BCUT2D eigenvalue weighted by molar-refractivity contribution is 5.99. The molecule has 0 N–H and O–H groups in total. The Hall–Kier alpha value is -2.77. The number of alkyl halides is 3. The minimum atomic E-state index is -4.44. The quantitative estimate of drug-likeness (QED) is 0.750. The first-order chi connectivity index (χ1) is 12.8. The van der Waals surface area contributed by atoms with Crippen molar-refractivity contribution in [3.05, 3.63) is 53.3 Å². The van der Waals surface area contributed by atoms with Crippen LogP contribution in [0.5, 0.6) is 5.95 Å². The lowest BCUT2D eigenvalue weighted by atomic mass is 9.89. The molecule has 0 bridgehead atoms. The topological polar surface area (TPSA) is 59.8 Å². The van der Waals surface area contributed by atoms with Crippen LogP contribution in [0, 0.1) is 5.92 Å². The number of ether oxygens (including phenoxy) is 1. The van der Waals surface area contributed by atoms with Crippen LogP contribution in [-0.2, 0) is 6.18 Å². The maximum atomic E-state index is 12.7. The number of benzene rings is 1. The van der Waals surface area contributed by atoms with Gasteiger partial charge in [0.25, 0.3) is 11.9 Å². The summed E-state index contributed by atoms with van der Waals surface area (Å²) < 4.78 is 48.2. The number of amides is 1. The minimum Gasteiger partial charge on any atom is -0.468 e. The van der Waals surface area contributed by atoms with Gasteiger partial charge in [-0.15, -0.1) is 0 Å². The molecule has 1 saturated heterocycles. The maximum Gasteiger partial charge on any atom is 0.416 e. The van der Waals surface area contributed by atoms with Crippen molar-refractivity contribution >= 4 is 11.7 Å². The van der Waals surface area contributed by atoms with Crippen LogP contribution in [0.3, 0.4) is 0 Å². The summed E-state index contributed by atoms with van der Waals surface area (Å²) in [6.45, 7) is 0.681. The Morgan fingerprint density at radius 2 is 1.85 bits per heavy atom. The summed E-state index contributed by atoms with van der Waals surface area (Å²) in [6, 6.07) is 7.19. The standard InChI is InChI=1S/C19H18F3NO4/c1-26-16-9-8-15(27-16)18(25)23-10-2-3-13(11-23)17(24)12-4-6-14(7-5-12)19(20,21)22/h4-9,13H,2-3,10-11H2,1H3/t13-/m1/s1. The van der Waals surface area contributed by atoms with Crippen LogP contribution in [-0.4, -0.2) is 36.8 Å². The number of methoxy groups -OCH3 is 1. The van der Waals surface area contributed by atoms with Crippen molar-refractivity contribution in [2.75, 3.05) is 20.2 Å². The van der Waals surface area contributed by atoms with Crippen molar-refractivity contribution in [1.82, 2.24) is 4.90 Å². The fourth-order valence-electron chi connectivity index (χ4n) is 3.14. The number of rotatable bonds is 4. The van der Waals surface area contributed by atoms with Crippen LogP contribution in [0.15, 0.2) is 40.8 Å². The third-order valence-electron chi connectivity index (χ3n) is 4.57. The SMILES string of the molecule is COc1ccc(C(=O)N2CCC[C@@H](C(=O)c3ccc(C(F)(F)F)cc3)C2)o1. The molecule has 0 saturated carbocycles. The second-order valence-electron chi connectivity index (χ2n) is 6.35. The molecule has 0 radical (unpaired) electrons. The van der Waals surface area contributed by atoms with E-state index in [9.17, 15) is 22.8 Å². The van der Waals surface area contributed by atoms with Crippen molar-refractivity contribution in [2.24, 2.45) is 5.92 Å². The molecular formula is C19H18F3NO4. The molecule has 2 heterocycles. The van der Waals surface area contributed by atoms with Gasteiger partial charge in [0, 0.05) is 30.6 Å². The van der Waals surface area contributed by atoms with E-state index >= 15 is 0 Å². The molecule has 8 heteroatoms. The summed E-state index contributed by atoms with van der Waals surface area (Å²) in [5.41, 5.74) is -0.590. The predicted molar refractivity (Wildman–Crippen MR) is 89.7 cm³/mol. The van der Waals surface area contributed by atoms with Gasteiger partial charge < -0.3 is 14.1 Å². The number of piperidine rings is 1. The van der Waals surface area contributed by atoms with Gasteiger partial charge in [-0.2, -0.15) is 13.2 Å². The van der Waals surface area contributed by atoms with E-state index in [4.69, 9.17) is 9.15 Å². The Bertz CT molecular complexity index is 826. The number of ketones is 1. The Balaban J connectivity index is 1.70. The van der Waals surface area contributed by atoms with Crippen LogP contribution < -0.4 is 4.74 Å². The van der Waals surface area contributed by atoms with Crippen molar-refractivity contribution < 1.29 is 31.9 Å². The Morgan fingerprint density at radius 1 is 1.15 bits per heavy atom. The van der Waals surface area contributed by atoms with E-state index in [1.54, 1.807) is 0 Å². The number of nitrogens with zero attached hydrogens (tertiary/aromatic N) is 1. The smallest absolute Gasteiger partial charge is 0.416 e. The predicted octanol–water partition coefficient (Wildman–Crippen LogP) is 4.04. The Kier molecular flexibility index (Phi) is 5.25. The fraction of sp³-hybridized carbons (Fsp3) is 0.368. The second-order valence-corrected chi connectivity index (χ2v) is 6.35. The Labute approximate surface area is 153 Å². The highest BCUT2D eigenvalue weighted by Gasteiger charge is 2.32. The molecule has 1 aromatic carbocycles. The van der Waals surface area contributed by atoms with Gasteiger partial charge in [-0.3, -0.25) is 9.59 Å². The average molecular weight is 381 g/mol. The fourth-order valence-corrected chi connectivity index (χ4v) is 3.14. The van der Waals surface area contributed by atoms with Crippen molar-refractivity contribution in [1.29, 1.82) is 0 Å². The number of Topliss-reactive ketones (excluding diaryl/α,β-unsaturated/α-hetero) is 1. The first-order valence-electron chi connectivity index (χ1n) is 8.44. The molecule has 1 aliphatic rings. The van der Waals surface area contributed by atoms with Crippen LogP contribution >= 0.6 is 0 Å². The van der Waals surface area contributed by atoms with Crippen molar-refractivity contribution in [3.63, 3.8) is 0 Å². The summed E-state index contributed by atoms with van der Waals surface area (Å²) in [5, 5.41) is 0. The molecular weight excluding hydrogens is 363 g/mol. The minimum absolute atomic E-state index is 0.120. The van der Waals surface area contributed by atoms with Gasteiger partial charge in [-0.25, -0.2) is 0 Å². The monoisotopic (exact) mass is 381 g/mol. The van der Waals surface area contributed by atoms with Crippen LogP contribution in [0.25, 0.3) is 0 Å². The normalized spacial score (nSPS) is 17.6. The zero-order valence-electron chi connectivity index (χ0n) is 14.6. The lowest BCUT2D eigenvalue weighted by molar-refractivity contribution is -0.137. The Morgan fingerprint density at radius 3 is 2.44 bits per heavy atom. The van der Waals surface area contributed by atoms with Crippen LogP contribution in [0.2, 0.25) is 0 Å². The zero-order valence-corrected chi connectivity index (χ0v) is 14.6. The molecule has 0 aliphatic carbocycles. The van der Waals surface area contributed by atoms with Gasteiger partial charge in [0.15, 0.2) is 11.5 Å². The third-order valence-corrected chi connectivity index (χ3v) is 4.57. The molecule has 5 nitrogen and oxygen atoms in total. The lowest BCUT2D eigenvalue weighted by Crippen LogP contribution is -2.42. The number of hydrogen-bond acceptors (Lipinski definition) is 4. The number of carbonyl (C=O) groups excluding carboxylic acids is 2. The van der Waals surface area contributed by atoms with E-state index < -0.39 is 17.7 Å². The molecule has 144 valence electrons. The summed E-state index contributed by atoms with van der Waals surface area (Å²) in [7, 11) is 1.42. The third kappa shape index (κ3) is 4.15. The summed E-state index contributed by atoms with van der Waals surface area (Å²) in [5.74, 6) is -0.736. The molecule has 0 spiro atoms. The van der Waals surface area contributed by atoms with E-state index in [1.165, 1.54) is 36.3 Å². The molecule has 2 aromatic rings. The van der Waals surface area contributed by atoms with Crippen molar-refractivity contribution in [2.45, 2.75) is 19.0 Å². The molecule has 1 aliphatic heterocycles. The summed E-state index contributed by atoms with van der Waals surface area (Å²) in [6.07, 6.45) is -3.24. The highest BCUT2D eigenvalue weighted by Crippen LogP contribution is 2.30. The van der Waals surface area contributed by atoms with Gasteiger partial charge in [-0.05, 0) is 31.0 Å². The van der Waals surface area contributed by atoms with E-state index in [0.717, 1.165) is 12.1 Å². The van der Waals surface area contributed by atoms with Gasteiger partial charge >= 0.3 is 6.18 Å². The molecule has 1 amide bonds. The second kappa shape index (κ2) is 7.46. The van der Waals surface area contributed by atoms with Gasteiger partial charge in [0.2, 0.25) is 0 Å². The van der Waals surface area contributed by atoms with Gasteiger partial charge in [-0.1, -0.05) is 12.1 Å². The van der Waals surface area contributed by atoms with Gasteiger partial charge in [0.1, 0.15) is 0 Å². The molecule has 0 unspecified atom stereocenters. The van der Waals surface area contributed by atoms with Crippen LogP contribution in [0.4, 0.5) is 13.2 Å². The molecule has 1 fully saturated rings. The molecule has 1 atom stereocenters. The number of halogens is 3. The molecule has 3 rings (SSSR count). The molecule has 27 heavy (non-hydrogen) atoms. The van der Waals surface area contributed by atoms with E-state index in [0.29, 0.717) is 19.4 Å². The first-order valence-corrected chi connectivity index (χ1v) is 8.44. The molecule has 1 aromatic heterocycles. The van der Waals surface area contributed by atoms with E-state index in [2.05, 4.69) is 0 Å². The largest absolute Gasteiger partial charge is 0.468 e. The number of furan rings is 1. The average Bonchev–Trinajstić information content (AvgIpc) is 3.15. The highest BCUT2D eigenvalue weighted by atomic mass is 19.4. The lowest BCUT2D eigenvalue weighted by Gasteiger charge is -2.31. The summed E-state index contributed by atoms with van der Waals surface area (Å²) >= 11 is 0. The summed E-state index contributed by atoms with van der Waals surface area (Å²) in [4.78, 5) is 26.7. The zero-order chi connectivity index (χ0) is 19.6.